The summed E-state index contributed by atoms with van der Waals surface area (Å²) in [7, 11) is 0. The highest BCUT2D eigenvalue weighted by Gasteiger charge is 2.56. The largest absolute Gasteiger partial charge is 0.481 e. The third-order valence-electron chi connectivity index (χ3n) is 1.96. The second-order valence-corrected chi connectivity index (χ2v) is 2.67. The minimum Gasteiger partial charge on any atom is -0.481 e. The van der Waals surface area contributed by atoms with Crippen LogP contribution in [0.1, 0.15) is 13.3 Å². The van der Waals surface area contributed by atoms with Gasteiger partial charge < -0.3 is 9.90 Å². The van der Waals surface area contributed by atoms with Crippen molar-refractivity contribution in [2.24, 2.45) is 11.3 Å². The molecule has 1 aliphatic carbocycles. The van der Waals surface area contributed by atoms with Gasteiger partial charge in [0.2, 0.25) is 0 Å². The second kappa shape index (κ2) is 1.56. The molecular weight excluding hydrogens is 120 g/mol. The smallest absolute Gasteiger partial charge is 0.310 e. The molecule has 1 rings (SSSR count). The van der Waals surface area contributed by atoms with Gasteiger partial charge in [-0.1, -0.05) is 0 Å². The lowest BCUT2D eigenvalue weighted by molar-refractivity contribution is -0.143. The number of aliphatic carboxylic acids is 1. The van der Waals surface area contributed by atoms with Crippen molar-refractivity contribution in [3.05, 3.63) is 0 Å². The zero-order valence-corrected chi connectivity index (χ0v) is 5.13. The van der Waals surface area contributed by atoms with E-state index in [1.807, 2.05) is 0 Å². The van der Waals surface area contributed by atoms with E-state index in [0.717, 1.165) is 0 Å². The van der Waals surface area contributed by atoms with Gasteiger partial charge in [-0.2, -0.15) is 0 Å². The molecule has 0 aromatic rings. The van der Waals surface area contributed by atoms with Crippen molar-refractivity contribution in [3.63, 3.8) is 0 Å². The number of rotatable bonds is 2. The molecule has 1 fully saturated rings. The minimum atomic E-state index is -0.861. The van der Waals surface area contributed by atoms with Crippen LogP contribution in [0.15, 0.2) is 0 Å². The summed E-state index contributed by atoms with van der Waals surface area (Å²) in [6.45, 7) is 1.59. The van der Waals surface area contributed by atoms with Gasteiger partial charge in [-0.15, -0.1) is 0 Å². The van der Waals surface area contributed by atoms with E-state index in [2.05, 4.69) is 0 Å². The first-order valence-electron chi connectivity index (χ1n) is 2.80. The minimum absolute atomic E-state index is 0.241. The van der Waals surface area contributed by atoms with Crippen LogP contribution in [0.2, 0.25) is 0 Å². The topological polar surface area (TPSA) is 54.4 Å². The van der Waals surface area contributed by atoms with Gasteiger partial charge in [0.05, 0.1) is 5.41 Å². The van der Waals surface area contributed by atoms with Gasteiger partial charge in [0.1, 0.15) is 6.29 Å². The number of carboxylic acid groups (broad SMARTS) is 1. The first-order chi connectivity index (χ1) is 4.11. The van der Waals surface area contributed by atoms with Crippen molar-refractivity contribution < 1.29 is 14.7 Å². The summed E-state index contributed by atoms with van der Waals surface area (Å²) >= 11 is 0. The standard InChI is InChI=1S/C6H8O3/c1-6(5(8)9)2-4(6)3-7/h3-4H,2H2,1H3,(H,8,9)/t4-,6+/m0/s1. The Bertz CT molecular complexity index is 164. The van der Waals surface area contributed by atoms with E-state index in [-0.39, 0.29) is 5.92 Å². The van der Waals surface area contributed by atoms with Crippen molar-refractivity contribution in [1.29, 1.82) is 0 Å². The molecule has 1 saturated carbocycles. The van der Waals surface area contributed by atoms with Crippen LogP contribution in [0, 0.1) is 11.3 Å². The third kappa shape index (κ3) is 0.724. The first kappa shape index (κ1) is 6.26. The number of hydrogen-bond donors (Lipinski definition) is 1. The normalized spacial score (nSPS) is 39.9. The number of carboxylic acids is 1. The van der Waals surface area contributed by atoms with Crippen LogP contribution in [-0.4, -0.2) is 17.4 Å². The third-order valence-corrected chi connectivity index (χ3v) is 1.96. The van der Waals surface area contributed by atoms with E-state index in [9.17, 15) is 9.59 Å². The quantitative estimate of drug-likeness (QED) is 0.544. The maximum Gasteiger partial charge on any atom is 0.310 e. The Morgan fingerprint density at radius 2 is 2.44 bits per heavy atom. The van der Waals surface area contributed by atoms with E-state index in [1.165, 1.54) is 0 Å². The molecule has 3 heteroatoms. The van der Waals surface area contributed by atoms with Crippen molar-refractivity contribution in [1.82, 2.24) is 0 Å². The molecule has 1 aliphatic rings. The summed E-state index contributed by atoms with van der Waals surface area (Å²) in [4.78, 5) is 20.3. The molecule has 0 radical (unpaired) electrons. The summed E-state index contributed by atoms with van der Waals surface area (Å²) in [5.41, 5.74) is -0.734. The molecular formula is C6H8O3. The molecule has 0 amide bonds. The molecule has 0 bridgehead atoms. The Labute approximate surface area is 52.7 Å². The summed E-state index contributed by atoms with van der Waals surface area (Å²) in [5, 5.41) is 8.46. The molecule has 9 heavy (non-hydrogen) atoms. The van der Waals surface area contributed by atoms with Crippen LogP contribution in [-0.2, 0) is 9.59 Å². The maximum atomic E-state index is 10.3. The van der Waals surface area contributed by atoms with Crippen LogP contribution >= 0.6 is 0 Å². The fraction of sp³-hybridized carbons (Fsp3) is 0.667. The van der Waals surface area contributed by atoms with Crippen LogP contribution in [0.25, 0.3) is 0 Å². The van der Waals surface area contributed by atoms with Crippen molar-refractivity contribution >= 4 is 12.3 Å². The van der Waals surface area contributed by atoms with E-state index in [4.69, 9.17) is 5.11 Å². The van der Waals surface area contributed by atoms with Crippen LogP contribution < -0.4 is 0 Å². The Kier molecular flexibility index (Phi) is 1.08. The van der Waals surface area contributed by atoms with E-state index in [0.29, 0.717) is 12.7 Å². The molecule has 2 atom stereocenters. The fourth-order valence-corrected chi connectivity index (χ4v) is 0.842. The van der Waals surface area contributed by atoms with E-state index in [1.54, 1.807) is 6.92 Å². The molecule has 0 aromatic heterocycles. The summed E-state index contributed by atoms with van der Waals surface area (Å²) in [6.07, 6.45) is 1.22. The molecule has 50 valence electrons. The van der Waals surface area contributed by atoms with Gasteiger partial charge in [0.15, 0.2) is 0 Å². The van der Waals surface area contributed by atoms with Gasteiger partial charge in [0.25, 0.3) is 0 Å². The van der Waals surface area contributed by atoms with Crippen molar-refractivity contribution in [3.8, 4) is 0 Å². The van der Waals surface area contributed by atoms with Gasteiger partial charge in [-0.25, -0.2) is 0 Å². The average molecular weight is 128 g/mol. The predicted octanol–water partition coefficient (Wildman–Crippen LogP) is 0.296. The number of carbonyl (C=O) groups is 2. The number of hydrogen-bond acceptors (Lipinski definition) is 2. The monoisotopic (exact) mass is 128 g/mol. The lowest BCUT2D eigenvalue weighted by atomic mass is 10.1. The summed E-state index contributed by atoms with van der Waals surface area (Å²) in [6, 6.07) is 0. The van der Waals surface area contributed by atoms with Crippen molar-refractivity contribution in [2.45, 2.75) is 13.3 Å². The highest BCUT2D eigenvalue weighted by atomic mass is 16.4. The molecule has 0 aliphatic heterocycles. The Hall–Kier alpha value is -0.860. The first-order valence-corrected chi connectivity index (χ1v) is 2.80. The Morgan fingerprint density at radius 3 is 2.56 bits per heavy atom. The van der Waals surface area contributed by atoms with Crippen LogP contribution in [0.4, 0.5) is 0 Å². The molecule has 0 saturated heterocycles. The van der Waals surface area contributed by atoms with Crippen LogP contribution in [0.5, 0.6) is 0 Å². The molecule has 0 heterocycles. The van der Waals surface area contributed by atoms with Crippen LogP contribution in [0.3, 0.4) is 0 Å². The second-order valence-electron chi connectivity index (χ2n) is 2.67. The van der Waals surface area contributed by atoms with Crippen molar-refractivity contribution in [2.75, 3.05) is 0 Å². The highest BCUT2D eigenvalue weighted by molar-refractivity contribution is 5.84. The molecule has 0 spiro atoms. The SMILES string of the molecule is C[C@@]1(C(=O)O)C[C@H]1C=O. The molecule has 3 nitrogen and oxygen atoms in total. The average Bonchev–Trinajstić information content (AvgIpc) is 2.44. The van der Waals surface area contributed by atoms with Gasteiger partial charge in [-0.3, -0.25) is 4.79 Å². The van der Waals surface area contributed by atoms with Gasteiger partial charge >= 0.3 is 5.97 Å². The highest BCUT2D eigenvalue weighted by Crippen LogP contribution is 2.50. The Morgan fingerprint density at radius 1 is 1.89 bits per heavy atom. The zero-order chi connectivity index (χ0) is 7.07. The summed E-state index contributed by atoms with van der Waals surface area (Å²) < 4.78 is 0. The summed E-state index contributed by atoms with van der Waals surface area (Å²) in [5.74, 6) is -1.10. The maximum absolute atomic E-state index is 10.3. The fourth-order valence-electron chi connectivity index (χ4n) is 0.842. The van der Waals surface area contributed by atoms with E-state index >= 15 is 0 Å². The molecule has 1 N–H and O–H groups in total. The van der Waals surface area contributed by atoms with Gasteiger partial charge in [-0.05, 0) is 13.3 Å². The molecule has 0 unspecified atom stereocenters. The van der Waals surface area contributed by atoms with E-state index < -0.39 is 11.4 Å². The Balaban J connectivity index is 2.62. The molecule has 0 aromatic carbocycles. The number of aldehydes is 1. The lowest BCUT2D eigenvalue weighted by Gasteiger charge is -1.97. The predicted molar refractivity (Wildman–Crippen MR) is 29.9 cm³/mol. The lowest BCUT2D eigenvalue weighted by Crippen LogP contribution is -2.13. The van der Waals surface area contributed by atoms with Gasteiger partial charge in [0, 0.05) is 5.92 Å². The zero-order valence-electron chi connectivity index (χ0n) is 5.13. The number of carbonyl (C=O) groups excluding carboxylic acids is 1.